The normalized spacial score (nSPS) is 11.5. The van der Waals surface area contributed by atoms with E-state index in [1.165, 1.54) is 31.1 Å². The second-order valence-electron chi connectivity index (χ2n) is 6.92. The number of rotatable bonds is 4. The summed E-state index contributed by atoms with van der Waals surface area (Å²) in [6, 6.07) is 21.6. The molecule has 0 amide bonds. The molecular weight excluding hydrogens is 364 g/mol. The Kier molecular flexibility index (Phi) is 5.01. The third-order valence-electron chi connectivity index (χ3n) is 4.87. The van der Waals surface area contributed by atoms with E-state index in [9.17, 15) is 4.79 Å². The van der Waals surface area contributed by atoms with E-state index in [0.29, 0.717) is 5.75 Å². The van der Waals surface area contributed by atoms with Crippen molar-refractivity contribution >= 4 is 36.6 Å². The van der Waals surface area contributed by atoms with Crippen molar-refractivity contribution < 1.29 is 9.53 Å². The van der Waals surface area contributed by atoms with Crippen LogP contribution < -0.4 is 4.74 Å². The molecule has 4 rings (SSSR count). The Morgan fingerprint density at radius 3 is 2.00 bits per heavy atom. The fraction of sp³-hybridized carbons (Fsp3) is 0.160. The maximum absolute atomic E-state index is 12.0. The number of carbonyl (C=O) groups excluding carboxylic acids is 1. The highest BCUT2D eigenvalue weighted by Crippen LogP contribution is 2.49. The molecule has 0 N–H and O–H groups in total. The van der Waals surface area contributed by atoms with E-state index >= 15 is 0 Å². The first kappa shape index (κ1) is 18.5. The summed E-state index contributed by atoms with van der Waals surface area (Å²) >= 11 is 0. The van der Waals surface area contributed by atoms with Crippen LogP contribution in [0, 0.1) is 13.8 Å². The summed E-state index contributed by atoms with van der Waals surface area (Å²) in [5, 5.41) is 2.63. The number of ether oxygens (including phenoxy) is 1. The maximum Gasteiger partial charge on any atom is 0.335 e. The summed E-state index contributed by atoms with van der Waals surface area (Å²) in [6.45, 7) is 6.02. The third kappa shape index (κ3) is 3.23. The van der Waals surface area contributed by atoms with Crippen molar-refractivity contribution in [2.45, 2.75) is 27.2 Å². The molecule has 0 saturated carbocycles. The lowest BCUT2D eigenvalue weighted by atomic mass is 10.1. The Morgan fingerprint density at radius 2 is 1.46 bits per heavy atom. The molecular formula is C25H23O2S+. The summed E-state index contributed by atoms with van der Waals surface area (Å²) in [5.74, 6) is 0.346. The van der Waals surface area contributed by atoms with Crippen molar-refractivity contribution in [2.75, 3.05) is 0 Å². The summed E-state index contributed by atoms with van der Waals surface area (Å²) in [5.41, 5.74) is 1.98. The van der Waals surface area contributed by atoms with Crippen LogP contribution in [0.25, 0.3) is 25.1 Å². The van der Waals surface area contributed by atoms with Gasteiger partial charge in [-0.3, -0.25) is 0 Å². The largest absolute Gasteiger partial charge is 0.423 e. The van der Waals surface area contributed by atoms with E-state index in [1.54, 1.807) is 0 Å². The summed E-state index contributed by atoms with van der Waals surface area (Å²) in [4.78, 5) is 13.3. The highest BCUT2D eigenvalue weighted by Gasteiger charge is 2.24. The summed E-state index contributed by atoms with van der Waals surface area (Å²) in [7, 11) is -0.141. The van der Waals surface area contributed by atoms with Crippen LogP contribution in [0.4, 0.5) is 0 Å². The van der Waals surface area contributed by atoms with Crippen LogP contribution in [0.2, 0.25) is 0 Å². The average molecular weight is 388 g/mol. The van der Waals surface area contributed by atoms with Gasteiger partial charge in [0.1, 0.15) is 5.75 Å². The van der Waals surface area contributed by atoms with Gasteiger partial charge in [-0.15, -0.1) is 0 Å². The minimum atomic E-state index is -0.320. The Hall–Kier alpha value is -2.91. The Morgan fingerprint density at radius 1 is 0.929 bits per heavy atom. The standard InChI is InChI=1S/C25H23O2S/c1-4-5-14-24(26)27-25-17(2)15-19(16-18(25)3)28-22-12-8-6-10-20(22)21-11-7-9-13-23(21)28/h5-16H,4H2,1-3H3/q+1/b14-5+. The minimum absolute atomic E-state index is 0.141. The van der Waals surface area contributed by atoms with E-state index < -0.39 is 0 Å². The highest BCUT2D eigenvalue weighted by atomic mass is 32.2. The molecule has 0 aliphatic heterocycles. The van der Waals surface area contributed by atoms with Crippen LogP contribution in [0.1, 0.15) is 24.5 Å². The van der Waals surface area contributed by atoms with Crippen LogP contribution in [-0.4, -0.2) is 5.97 Å². The van der Waals surface area contributed by atoms with Crippen molar-refractivity contribution in [1.82, 2.24) is 0 Å². The number of hydrogen-bond acceptors (Lipinski definition) is 2. The van der Waals surface area contributed by atoms with E-state index in [0.717, 1.165) is 17.5 Å². The van der Waals surface area contributed by atoms with Gasteiger partial charge in [-0.2, -0.15) is 0 Å². The quantitative estimate of drug-likeness (QED) is 0.160. The molecule has 0 aliphatic rings. The van der Waals surface area contributed by atoms with Crippen LogP contribution in [0.5, 0.6) is 5.75 Å². The van der Waals surface area contributed by atoms with Gasteiger partial charge in [0.05, 0.1) is 0 Å². The van der Waals surface area contributed by atoms with Gasteiger partial charge < -0.3 is 4.74 Å². The Bertz CT molecular complexity index is 1140. The smallest absolute Gasteiger partial charge is 0.335 e. The third-order valence-corrected chi connectivity index (χ3v) is 7.16. The van der Waals surface area contributed by atoms with Crippen molar-refractivity contribution in [3.05, 3.63) is 83.9 Å². The van der Waals surface area contributed by atoms with Gasteiger partial charge >= 0.3 is 5.97 Å². The zero-order valence-corrected chi connectivity index (χ0v) is 17.2. The summed E-state index contributed by atoms with van der Waals surface area (Å²) in [6.07, 6.45) is 4.13. The number of esters is 1. The maximum atomic E-state index is 12.0. The first-order valence-corrected chi connectivity index (χ1v) is 10.7. The fourth-order valence-electron chi connectivity index (χ4n) is 3.64. The van der Waals surface area contributed by atoms with E-state index in [4.69, 9.17) is 4.74 Å². The number of benzene rings is 3. The van der Waals surface area contributed by atoms with Crippen LogP contribution in [0.15, 0.2) is 72.8 Å². The molecule has 3 heteroatoms. The lowest BCUT2D eigenvalue weighted by Gasteiger charge is -2.09. The number of aryl methyl sites for hydroxylation is 2. The molecule has 4 aromatic rings. The number of fused-ring (bicyclic) bond motifs is 3. The van der Waals surface area contributed by atoms with Crippen LogP contribution >= 0.6 is 10.5 Å². The van der Waals surface area contributed by atoms with Crippen molar-refractivity contribution in [1.29, 1.82) is 0 Å². The molecule has 140 valence electrons. The van der Waals surface area contributed by atoms with Crippen molar-refractivity contribution in [2.24, 2.45) is 0 Å². The number of allylic oxidation sites excluding steroid dienone is 1. The molecule has 0 atom stereocenters. The molecule has 2 nitrogen and oxygen atoms in total. The highest BCUT2D eigenvalue weighted by molar-refractivity contribution is 7.50. The monoisotopic (exact) mass is 387 g/mol. The van der Waals surface area contributed by atoms with Gasteiger partial charge in [0.15, 0.2) is 14.3 Å². The predicted molar refractivity (Wildman–Crippen MR) is 120 cm³/mol. The molecule has 0 spiro atoms. The van der Waals surface area contributed by atoms with Crippen LogP contribution in [-0.2, 0) is 4.79 Å². The average Bonchev–Trinajstić information content (AvgIpc) is 3.03. The van der Waals surface area contributed by atoms with E-state index in [2.05, 4.69) is 60.7 Å². The van der Waals surface area contributed by atoms with Gasteiger partial charge in [-0.1, -0.05) is 37.3 Å². The molecule has 3 aromatic carbocycles. The van der Waals surface area contributed by atoms with Crippen molar-refractivity contribution in [3.8, 4) is 10.6 Å². The molecule has 0 saturated heterocycles. The minimum Gasteiger partial charge on any atom is -0.423 e. The molecule has 0 fully saturated rings. The lowest BCUT2D eigenvalue weighted by Crippen LogP contribution is -2.06. The SMILES string of the molecule is CC/C=C/C(=O)Oc1c(C)cc(-[s+]2c3ccccc3c3ccccc32)cc1C. The molecule has 0 unspecified atom stereocenters. The fourth-order valence-corrected chi connectivity index (χ4v) is 6.20. The van der Waals surface area contributed by atoms with Crippen molar-refractivity contribution in [3.63, 3.8) is 0 Å². The second-order valence-corrected chi connectivity index (χ2v) is 8.88. The van der Waals surface area contributed by atoms with E-state index in [1.807, 2.05) is 26.8 Å². The number of hydrogen-bond donors (Lipinski definition) is 0. The lowest BCUT2D eigenvalue weighted by molar-refractivity contribution is -0.129. The van der Waals surface area contributed by atoms with Gasteiger partial charge in [-0.05, 0) is 55.7 Å². The van der Waals surface area contributed by atoms with Gasteiger partial charge in [0.25, 0.3) is 0 Å². The van der Waals surface area contributed by atoms with Crippen LogP contribution in [0.3, 0.4) is 0 Å². The molecule has 0 aliphatic carbocycles. The zero-order valence-electron chi connectivity index (χ0n) is 16.4. The molecule has 0 radical (unpaired) electrons. The number of thiophene rings is 1. The van der Waals surface area contributed by atoms with Gasteiger partial charge in [0, 0.05) is 39.5 Å². The van der Waals surface area contributed by atoms with Gasteiger partial charge in [0.2, 0.25) is 0 Å². The van der Waals surface area contributed by atoms with Gasteiger partial charge in [-0.25, -0.2) is 4.79 Å². The first-order valence-electron chi connectivity index (χ1n) is 9.52. The molecule has 1 aromatic heterocycles. The molecule has 0 bridgehead atoms. The van der Waals surface area contributed by atoms with E-state index in [-0.39, 0.29) is 16.4 Å². The molecule has 1 heterocycles. The Labute approximate surface area is 168 Å². The molecule has 28 heavy (non-hydrogen) atoms. The number of carbonyl (C=O) groups is 1. The summed E-state index contributed by atoms with van der Waals surface area (Å²) < 4.78 is 8.33. The zero-order chi connectivity index (χ0) is 19.7. The first-order chi connectivity index (χ1) is 13.6. The second kappa shape index (κ2) is 7.61. The topological polar surface area (TPSA) is 26.3 Å². The predicted octanol–water partition coefficient (Wildman–Crippen LogP) is 7.22. The Balaban J connectivity index is 1.87.